The molecule has 1 aliphatic rings. The molecule has 1 aliphatic carbocycles. The highest BCUT2D eigenvalue weighted by Crippen LogP contribution is 2.46. The number of halogens is 1. The maximum absolute atomic E-state index is 12.8. The van der Waals surface area contributed by atoms with Crippen molar-refractivity contribution in [3.05, 3.63) is 64.4 Å². The van der Waals surface area contributed by atoms with Gasteiger partial charge < -0.3 is 16.4 Å². The van der Waals surface area contributed by atoms with E-state index in [1.54, 1.807) is 35.0 Å². The van der Waals surface area contributed by atoms with Crippen molar-refractivity contribution in [3.8, 4) is 0 Å². The van der Waals surface area contributed by atoms with Crippen molar-refractivity contribution in [2.24, 2.45) is 11.3 Å². The van der Waals surface area contributed by atoms with Crippen molar-refractivity contribution in [2.75, 3.05) is 12.3 Å². The lowest BCUT2D eigenvalue weighted by atomic mass is 9.58. The quantitative estimate of drug-likeness (QED) is 0.499. The lowest BCUT2D eigenvalue weighted by Gasteiger charge is -2.52. The molecule has 4 N–H and O–H groups in total. The first kappa shape index (κ1) is 20.4. The monoisotopic (exact) mass is 469 g/mol. The summed E-state index contributed by atoms with van der Waals surface area (Å²) >= 11 is 3.33. The molecule has 7 nitrogen and oxygen atoms in total. The van der Waals surface area contributed by atoms with E-state index >= 15 is 0 Å². The van der Waals surface area contributed by atoms with E-state index in [1.807, 2.05) is 18.3 Å². The number of carbonyl (C=O) groups excluding carboxylic acids is 2. The number of aromatic nitrogens is 2. The van der Waals surface area contributed by atoms with Crippen molar-refractivity contribution in [1.29, 1.82) is 0 Å². The minimum atomic E-state index is -0.148. The third-order valence-electron chi connectivity index (χ3n) is 6.22. The normalized spacial score (nSPS) is 19.8. The van der Waals surface area contributed by atoms with E-state index in [2.05, 4.69) is 45.5 Å². The molecular formula is C22H24BrN5O2. The van der Waals surface area contributed by atoms with E-state index in [0.717, 1.165) is 16.4 Å². The van der Waals surface area contributed by atoms with E-state index in [1.165, 1.54) is 0 Å². The molecule has 0 saturated heterocycles. The number of amides is 2. The first-order valence-electron chi connectivity index (χ1n) is 9.84. The maximum Gasteiger partial charge on any atom is 0.253 e. The zero-order valence-corrected chi connectivity index (χ0v) is 18.4. The second-order valence-electron chi connectivity index (χ2n) is 8.31. The fourth-order valence-electron chi connectivity index (χ4n) is 3.99. The number of nitrogen functional groups attached to an aromatic ring is 1. The molecule has 0 bridgehead atoms. The Kier molecular flexibility index (Phi) is 5.27. The summed E-state index contributed by atoms with van der Waals surface area (Å²) in [6.07, 6.45) is 4.30. The molecular weight excluding hydrogens is 446 g/mol. The summed E-state index contributed by atoms with van der Waals surface area (Å²) in [6, 6.07) is 10.7. The van der Waals surface area contributed by atoms with Crippen LogP contribution in [0.1, 0.15) is 41.0 Å². The molecule has 0 aliphatic heterocycles. The summed E-state index contributed by atoms with van der Waals surface area (Å²) in [6.45, 7) is 4.79. The summed E-state index contributed by atoms with van der Waals surface area (Å²) in [5.74, 6) is 0.0159. The number of fused-ring (bicyclic) bond motifs is 1. The molecule has 1 aromatic carbocycles. The molecule has 8 heteroatoms. The third-order valence-corrected chi connectivity index (χ3v) is 6.95. The van der Waals surface area contributed by atoms with E-state index in [9.17, 15) is 9.59 Å². The predicted octanol–water partition coefficient (Wildman–Crippen LogP) is 3.25. The molecule has 0 spiro atoms. The Morgan fingerprint density at radius 1 is 1.27 bits per heavy atom. The number of hydrogen-bond acceptors (Lipinski definition) is 4. The van der Waals surface area contributed by atoms with Crippen molar-refractivity contribution in [3.63, 3.8) is 0 Å². The maximum atomic E-state index is 12.8. The zero-order valence-electron chi connectivity index (χ0n) is 16.9. The SMILES string of the molecule is CC1(C)C(CNC(=O)c2ccc(Br)c(N)c2)CC1NC(=O)c1cccn2nccc12. The average Bonchev–Trinajstić information content (AvgIpc) is 3.20. The molecule has 4 rings (SSSR count). The largest absolute Gasteiger partial charge is 0.398 e. The van der Waals surface area contributed by atoms with E-state index in [4.69, 9.17) is 5.73 Å². The molecule has 2 heterocycles. The van der Waals surface area contributed by atoms with Crippen LogP contribution < -0.4 is 16.4 Å². The number of nitrogens with two attached hydrogens (primary N) is 1. The van der Waals surface area contributed by atoms with Gasteiger partial charge in [-0.3, -0.25) is 9.59 Å². The standard InChI is InChI=1S/C22H24BrN5O2/c1-22(2)14(12-25-20(29)13-5-6-16(23)17(24)10-13)11-19(22)27-21(30)15-4-3-9-28-18(15)7-8-26-28/h3-10,14,19H,11-12,24H2,1-2H3,(H,25,29)(H,27,30). The number of pyridine rings is 1. The Labute approximate surface area is 183 Å². The first-order valence-corrected chi connectivity index (χ1v) is 10.6. The van der Waals surface area contributed by atoms with E-state index in [0.29, 0.717) is 23.4 Å². The first-order chi connectivity index (χ1) is 14.3. The van der Waals surface area contributed by atoms with E-state index in [-0.39, 0.29) is 29.2 Å². The summed E-state index contributed by atoms with van der Waals surface area (Å²) in [5.41, 5.74) is 8.18. The lowest BCUT2D eigenvalue weighted by Crippen LogP contribution is -2.60. The number of carbonyl (C=O) groups is 2. The average molecular weight is 470 g/mol. The second kappa shape index (κ2) is 7.75. The van der Waals surface area contributed by atoms with Gasteiger partial charge >= 0.3 is 0 Å². The minimum Gasteiger partial charge on any atom is -0.398 e. The van der Waals surface area contributed by atoms with Gasteiger partial charge in [-0.05, 0) is 70.1 Å². The van der Waals surface area contributed by atoms with Crippen LogP contribution in [0.4, 0.5) is 5.69 Å². The van der Waals surface area contributed by atoms with Gasteiger partial charge in [-0.25, -0.2) is 4.52 Å². The minimum absolute atomic E-state index is 0.0402. The molecule has 3 aromatic rings. The zero-order chi connectivity index (χ0) is 21.5. The molecule has 0 radical (unpaired) electrons. The van der Waals surface area contributed by atoms with Crippen LogP contribution in [0.3, 0.4) is 0 Å². The smallest absolute Gasteiger partial charge is 0.253 e. The van der Waals surface area contributed by atoms with Crippen LogP contribution in [0, 0.1) is 11.3 Å². The number of rotatable bonds is 5. The summed E-state index contributed by atoms with van der Waals surface area (Å²) in [5, 5.41) is 10.3. The molecule has 2 aromatic heterocycles. The van der Waals surface area contributed by atoms with Gasteiger partial charge in [-0.2, -0.15) is 5.10 Å². The molecule has 2 unspecified atom stereocenters. The molecule has 30 heavy (non-hydrogen) atoms. The topological polar surface area (TPSA) is 102 Å². The number of anilines is 1. The van der Waals surface area contributed by atoms with E-state index < -0.39 is 0 Å². The molecule has 1 fully saturated rings. The fourth-order valence-corrected chi connectivity index (χ4v) is 4.24. The molecule has 156 valence electrons. The van der Waals surface area contributed by atoms with Crippen molar-refractivity contribution in [1.82, 2.24) is 20.2 Å². The van der Waals surface area contributed by atoms with Crippen LogP contribution in [0.5, 0.6) is 0 Å². The Bertz CT molecular complexity index is 1120. The highest BCUT2D eigenvalue weighted by Gasteiger charge is 2.48. The molecule has 2 atom stereocenters. The second-order valence-corrected chi connectivity index (χ2v) is 9.16. The van der Waals surface area contributed by atoms with Crippen LogP contribution >= 0.6 is 15.9 Å². The van der Waals surface area contributed by atoms with Crippen LogP contribution in [0.2, 0.25) is 0 Å². The number of nitrogens with one attached hydrogen (secondary N) is 2. The lowest BCUT2D eigenvalue weighted by molar-refractivity contribution is 0.0150. The third kappa shape index (κ3) is 3.67. The van der Waals surface area contributed by atoms with Crippen molar-refractivity contribution in [2.45, 2.75) is 26.3 Å². The molecule has 1 saturated carbocycles. The fraction of sp³-hybridized carbons (Fsp3) is 0.318. The van der Waals surface area contributed by atoms with Gasteiger partial charge in [0.1, 0.15) is 0 Å². The van der Waals surface area contributed by atoms with Gasteiger partial charge in [0.25, 0.3) is 11.8 Å². The highest BCUT2D eigenvalue weighted by molar-refractivity contribution is 9.10. The summed E-state index contributed by atoms with van der Waals surface area (Å²) < 4.78 is 2.46. The summed E-state index contributed by atoms with van der Waals surface area (Å²) in [7, 11) is 0. The van der Waals surface area contributed by atoms with Gasteiger partial charge in [-0.15, -0.1) is 0 Å². The van der Waals surface area contributed by atoms with Gasteiger partial charge in [-0.1, -0.05) is 13.8 Å². The number of hydrogen-bond donors (Lipinski definition) is 3. The van der Waals surface area contributed by atoms with Crippen LogP contribution in [-0.2, 0) is 0 Å². The van der Waals surface area contributed by atoms with Crippen LogP contribution in [0.25, 0.3) is 5.52 Å². The Morgan fingerprint density at radius 3 is 2.80 bits per heavy atom. The molecule has 2 amide bonds. The Hall–Kier alpha value is -2.87. The number of nitrogens with zero attached hydrogens (tertiary/aromatic N) is 2. The predicted molar refractivity (Wildman–Crippen MR) is 119 cm³/mol. The van der Waals surface area contributed by atoms with Crippen LogP contribution in [0.15, 0.2) is 53.3 Å². The summed E-state index contributed by atoms with van der Waals surface area (Å²) in [4.78, 5) is 25.3. The van der Waals surface area contributed by atoms with Gasteiger partial charge in [0, 0.05) is 34.5 Å². The van der Waals surface area contributed by atoms with Gasteiger partial charge in [0.05, 0.1) is 17.3 Å². The van der Waals surface area contributed by atoms with Gasteiger partial charge in [0.15, 0.2) is 0 Å². The Morgan fingerprint density at radius 2 is 2.07 bits per heavy atom. The van der Waals surface area contributed by atoms with Crippen molar-refractivity contribution < 1.29 is 9.59 Å². The Balaban J connectivity index is 1.35. The van der Waals surface area contributed by atoms with Crippen molar-refractivity contribution >= 4 is 38.9 Å². The highest BCUT2D eigenvalue weighted by atomic mass is 79.9. The number of benzene rings is 1. The van der Waals surface area contributed by atoms with Gasteiger partial charge in [0.2, 0.25) is 0 Å². The van der Waals surface area contributed by atoms with Crippen LogP contribution in [-0.4, -0.2) is 34.0 Å².